The molecule has 0 aromatic heterocycles. The number of sulfonamides is 1. The smallest absolute Gasteiger partial charge is 0.325 e. The first-order valence-electron chi connectivity index (χ1n) is 11.3. The predicted octanol–water partition coefficient (Wildman–Crippen LogP) is 5.35. The van der Waals surface area contributed by atoms with Crippen molar-refractivity contribution in [2.24, 2.45) is 5.92 Å². The fourth-order valence-electron chi connectivity index (χ4n) is 4.97. The van der Waals surface area contributed by atoms with Crippen LogP contribution in [-0.2, 0) is 19.6 Å². The minimum absolute atomic E-state index is 0.0777. The molecule has 1 aliphatic carbocycles. The quantitative estimate of drug-likeness (QED) is 0.461. The molecule has 2 fully saturated rings. The first-order chi connectivity index (χ1) is 16.6. The number of benzene rings is 2. The van der Waals surface area contributed by atoms with E-state index in [4.69, 9.17) is 27.9 Å². The second-order valence-corrected chi connectivity index (χ2v) is 11.7. The molecule has 11 heteroatoms. The van der Waals surface area contributed by atoms with Crippen LogP contribution in [0.2, 0.25) is 10.0 Å². The molecule has 2 aromatic rings. The zero-order valence-electron chi connectivity index (χ0n) is 18.6. The normalized spacial score (nSPS) is 23.3. The maximum absolute atomic E-state index is 13.0. The lowest BCUT2D eigenvalue weighted by molar-refractivity contribution is -0.146. The van der Waals surface area contributed by atoms with Gasteiger partial charge in [0.15, 0.2) is 5.25 Å². The van der Waals surface area contributed by atoms with Crippen LogP contribution in [0.5, 0.6) is 11.5 Å². The number of rotatable bonds is 8. The van der Waals surface area contributed by atoms with Gasteiger partial charge in [-0.2, -0.15) is 4.31 Å². The van der Waals surface area contributed by atoms with Crippen LogP contribution in [0.4, 0.5) is 0 Å². The molecule has 35 heavy (non-hydrogen) atoms. The zero-order valence-corrected chi connectivity index (χ0v) is 21.0. The van der Waals surface area contributed by atoms with E-state index in [1.807, 2.05) is 0 Å². The van der Waals surface area contributed by atoms with Crippen molar-refractivity contribution in [1.29, 1.82) is 0 Å². The second kappa shape index (κ2) is 10.3. The number of carboxylic acid groups (broad SMARTS) is 2. The zero-order chi connectivity index (χ0) is 25.3. The van der Waals surface area contributed by atoms with E-state index in [1.165, 1.54) is 12.1 Å². The molecule has 0 amide bonds. The maximum atomic E-state index is 13.0. The largest absolute Gasteiger partial charge is 0.480 e. The Hall–Kier alpha value is -2.33. The minimum atomic E-state index is -4.36. The lowest BCUT2D eigenvalue weighted by Gasteiger charge is -2.48. The fourth-order valence-corrected chi connectivity index (χ4v) is 7.29. The number of ether oxygens (including phenoxy) is 1. The minimum Gasteiger partial charge on any atom is -0.480 e. The van der Waals surface area contributed by atoms with E-state index >= 15 is 0 Å². The summed E-state index contributed by atoms with van der Waals surface area (Å²) in [7, 11) is -4.36. The standard InChI is InChI=1S/C24H25Cl2NO7S/c25-18-10-9-17(13-19(18)26)34-16-8-4-7-15(12-16)21-22(24(30)31)35(32,33)27(21)20(23(28)29)11-14-5-2-1-3-6-14/h4,7-10,12-14,20-22H,1-3,5-6,11H2,(H,28,29)(H,30,31)/t20-,21+,22-/m0/s1. The monoisotopic (exact) mass is 541 g/mol. The summed E-state index contributed by atoms with van der Waals surface area (Å²) in [6.07, 6.45) is 4.83. The van der Waals surface area contributed by atoms with Crippen molar-refractivity contribution in [3.8, 4) is 11.5 Å². The lowest BCUT2D eigenvalue weighted by Crippen LogP contribution is -2.66. The van der Waals surface area contributed by atoms with Gasteiger partial charge in [0.2, 0.25) is 10.0 Å². The Bertz CT molecular complexity index is 1230. The van der Waals surface area contributed by atoms with E-state index in [-0.39, 0.29) is 17.4 Å². The van der Waals surface area contributed by atoms with E-state index in [0.29, 0.717) is 22.1 Å². The SMILES string of the molecule is O=C(O)[C@@H]1[C@@H](c2cccc(Oc3ccc(Cl)c(Cl)c3)c2)N([C@@H](CC2CCCCC2)C(=O)O)S1(=O)=O. The number of hydrogen-bond acceptors (Lipinski definition) is 5. The third-order valence-electron chi connectivity index (χ3n) is 6.62. The van der Waals surface area contributed by atoms with Crippen molar-refractivity contribution in [3.05, 3.63) is 58.1 Å². The number of carbonyl (C=O) groups is 2. The van der Waals surface area contributed by atoms with Crippen molar-refractivity contribution in [1.82, 2.24) is 4.31 Å². The predicted molar refractivity (Wildman–Crippen MR) is 131 cm³/mol. The van der Waals surface area contributed by atoms with Gasteiger partial charge < -0.3 is 14.9 Å². The fraction of sp³-hybridized carbons (Fsp3) is 0.417. The van der Waals surface area contributed by atoms with Gasteiger partial charge in [-0.3, -0.25) is 9.59 Å². The first-order valence-corrected chi connectivity index (χ1v) is 13.6. The van der Waals surface area contributed by atoms with Crippen LogP contribution in [0, 0.1) is 5.92 Å². The Morgan fingerprint density at radius 2 is 1.69 bits per heavy atom. The summed E-state index contributed by atoms with van der Waals surface area (Å²) in [4.78, 5) is 24.2. The highest BCUT2D eigenvalue weighted by Crippen LogP contribution is 2.46. The lowest BCUT2D eigenvalue weighted by atomic mass is 9.84. The van der Waals surface area contributed by atoms with Crippen LogP contribution in [-0.4, -0.2) is 46.2 Å². The van der Waals surface area contributed by atoms with Crippen LogP contribution in [0.1, 0.15) is 50.1 Å². The molecule has 0 spiro atoms. The molecule has 0 bridgehead atoms. The Labute approximate surface area is 213 Å². The van der Waals surface area contributed by atoms with Crippen LogP contribution >= 0.6 is 23.2 Å². The molecule has 1 heterocycles. The van der Waals surface area contributed by atoms with Crippen LogP contribution in [0.15, 0.2) is 42.5 Å². The van der Waals surface area contributed by atoms with Gasteiger partial charge in [-0.25, -0.2) is 8.42 Å². The van der Waals surface area contributed by atoms with E-state index < -0.39 is 39.3 Å². The number of hydrogen-bond donors (Lipinski definition) is 2. The Kier molecular flexibility index (Phi) is 7.61. The van der Waals surface area contributed by atoms with Gasteiger partial charge in [-0.15, -0.1) is 0 Å². The third kappa shape index (κ3) is 5.28. The summed E-state index contributed by atoms with van der Waals surface area (Å²) < 4.78 is 32.7. The molecule has 3 atom stereocenters. The third-order valence-corrected chi connectivity index (χ3v) is 9.53. The van der Waals surface area contributed by atoms with Gasteiger partial charge in [-0.05, 0) is 42.2 Å². The molecule has 0 radical (unpaired) electrons. The average molecular weight is 542 g/mol. The average Bonchev–Trinajstić information content (AvgIpc) is 2.80. The highest BCUT2D eigenvalue weighted by atomic mass is 35.5. The molecule has 1 saturated heterocycles. The van der Waals surface area contributed by atoms with E-state index in [2.05, 4.69) is 0 Å². The summed E-state index contributed by atoms with van der Waals surface area (Å²) in [6, 6.07) is 8.48. The van der Waals surface area contributed by atoms with Crippen molar-refractivity contribution in [3.63, 3.8) is 0 Å². The number of aliphatic carboxylic acids is 2. The van der Waals surface area contributed by atoms with Gasteiger partial charge in [-0.1, -0.05) is 67.4 Å². The Morgan fingerprint density at radius 1 is 1.00 bits per heavy atom. The molecule has 1 saturated carbocycles. The highest BCUT2D eigenvalue weighted by Gasteiger charge is 2.62. The first kappa shape index (κ1) is 25.8. The molecule has 1 aliphatic heterocycles. The summed E-state index contributed by atoms with van der Waals surface area (Å²) in [6.45, 7) is 0. The van der Waals surface area contributed by atoms with Crippen molar-refractivity contribution >= 4 is 45.2 Å². The highest BCUT2D eigenvalue weighted by molar-refractivity contribution is 7.92. The van der Waals surface area contributed by atoms with Gasteiger partial charge in [0.05, 0.1) is 16.1 Å². The van der Waals surface area contributed by atoms with E-state index in [1.54, 1.807) is 30.3 Å². The molecule has 4 rings (SSSR count). The molecule has 2 N–H and O–H groups in total. The van der Waals surface area contributed by atoms with Gasteiger partial charge in [0.25, 0.3) is 0 Å². The molecule has 188 valence electrons. The van der Waals surface area contributed by atoms with Crippen LogP contribution in [0.25, 0.3) is 0 Å². The number of nitrogens with zero attached hydrogens (tertiary/aromatic N) is 1. The summed E-state index contributed by atoms with van der Waals surface area (Å²) >= 11 is 12.0. The number of halogens is 2. The Balaban J connectivity index is 1.66. The Morgan fingerprint density at radius 3 is 2.31 bits per heavy atom. The molecule has 2 aromatic carbocycles. The molecule has 2 aliphatic rings. The van der Waals surface area contributed by atoms with Gasteiger partial charge in [0.1, 0.15) is 17.5 Å². The topological polar surface area (TPSA) is 121 Å². The van der Waals surface area contributed by atoms with Crippen LogP contribution in [0.3, 0.4) is 0 Å². The van der Waals surface area contributed by atoms with E-state index in [0.717, 1.165) is 36.4 Å². The molecule has 8 nitrogen and oxygen atoms in total. The maximum Gasteiger partial charge on any atom is 0.325 e. The van der Waals surface area contributed by atoms with Gasteiger partial charge in [0, 0.05) is 6.07 Å². The number of carboxylic acids is 2. The summed E-state index contributed by atoms with van der Waals surface area (Å²) in [5.74, 6) is -2.03. The summed E-state index contributed by atoms with van der Waals surface area (Å²) in [5.41, 5.74) is 0.333. The van der Waals surface area contributed by atoms with Crippen molar-refractivity contribution < 1.29 is 33.0 Å². The van der Waals surface area contributed by atoms with Crippen LogP contribution < -0.4 is 4.74 Å². The summed E-state index contributed by atoms with van der Waals surface area (Å²) in [5, 5.41) is 18.5. The van der Waals surface area contributed by atoms with Crippen molar-refractivity contribution in [2.45, 2.75) is 55.9 Å². The molecular weight excluding hydrogens is 517 g/mol. The molecular formula is C24H25Cl2NO7S. The molecule has 0 unspecified atom stereocenters. The van der Waals surface area contributed by atoms with Crippen molar-refractivity contribution in [2.75, 3.05) is 0 Å². The van der Waals surface area contributed by atoms with E-state index in [9.17, 15) is 28.2 Å². The van der Waals surface area contributed by atoms with Gasteiger partial charge >= 0.3 is 11.9 Å². The second-order valence-electron chi connectivity index (χ2n) is 8.92.